The SMILES string of the molecule is CSCCC(NC(=O)C(Cc1ccccc1)NC(=O)C1CCCN1C(=O)C1CCCN1)C(=O)O. The lowest BCUT2D eigenvalue weighted by Gasteiger charge is -2.28. The Morgan fingerprint density at radius 1 is 1.12 bits per heavy atom. The Bertz CT molecular complexity index is 862. The molecule has 3 rings (SSSR count). The molecule has 0 bridgehead atoms. The summed E-state index contributed by atoms with van der Waals surface area (Å²) in [5.41, 5.74) is 0.841. The lowest BCUT2D eigenvalue weighted by atomic mass is 10.0. The van der Waals surface area contributed by atoms with E-state index in [2.05, 4.69) is 16.0 Å². The van der Waals surface area contributed by atoms with Gasteiger partial charge in [-0.25, -0.2) is 4.79 Å². The van der Waals surface area contributed by atoms with E-state index in [-0.39, 0.29) is 30.7 Å². The van der Waals surface area contributed by atoms with Crippen LogP contribution in [0.1, 0.15) is 37.7 Å². The summed E-state index contributed by atoms with van der Waals surface area (Å²) < 4.78 is 0. The molecule has 4 atom stereocenters. The van der Waals surface area contributed by atoms with Crippen LogP contribution < -0.4 is 16.0 Å². The van der Waals surface area contributed by atoms with E-state index in [1.807, 2.05) is 36.6 Å². The number of carboxylic acids is 1. The average molecular weight is 491 g/mol. The van der Waals surface area contributed by atoms with Crippen molar-refractivity contribution in [2.75, 3.05) is 25.1 Å². The summed E-state index contributed by atoms with van der Waals surface area (Å²) >= 11 is 1.50. The standard InChI is InChI=1S/C24H34N4O5S/c1-34-14-11-18(24(32)33)26-21(29)19(15-16-7-3-2-4-8-16)27-22(30)20-10-6-13-28(20)23(31)17-9-5-12-25-17/h2-4,7-8,17-20,25H,5-6,9-15H2,1H3,(H,26,29)(H,27,30)(H,32,33). The molecular formula is C24H34N4O5S. The molecule has 2 fully saturated rings. The topological polar surface area (TPSA) is 128 Å². The molecule has 9 nitrogen and oxygen atoms in total. The Hall–Kier alpha value is -2.59. The molecule has 0 saturated carbocycles. The smallest absolute Gasteiger partial charge is 0.326 e. The Morgan fingerprint density at radius 2 is 1.88 bits per heavy atom. The van der Waals surface area contributed by atoms with Gasteiger partial charge in [-0.2, -0.15) is 11.8 Å². The summed E-state index contributed by atoms with van der Waals surface area (Å²) in [6, 6.07) is 6.38. The largest absolute Gasteiger partial charge is 0.480 e. The van der Waals surface area contributed by atoms with E-state index >= 15 is 0 Å². The van der Waals surface area contributed by atoms with Crippen molar-refractivity contribution < 1.29 is 24.3 Å². The molecule has 1 aromatic carbocycles. The number of nitrogens with zero attached hydrogens (tertiary/aromatic N) is 1. The van der Waals surface area contributed by atoms with Crippen LogP contribution in [0.2, 0.25) is 0 Å². The van der Waals surface area contributed by atoms with Gasteiger partial charge in [0.2, 0.25) is 17.7 Å². The van der Waals surface area contributed by atoms with Gasteiger partial charge in [0.15, 0.2) is 0 Å². The molecule has 186 valence electrons. The molecule has 4 N–H and O–H groups in total. The van der Waals surface area contributed by atoms with Crippen molar-refractivity contribution in [2.24, 2.45) is 0 Å². The zero-order valence-electron chi connectivity index (χ0n) is 19.5. The van der Waals surface area contributed by atoms with Gasteiger partial charge in [0.1, 0.15) is 18.1 Å². The highest BCUT2D eigenvalue weighted by molar-refractivity contribution is 7.98. The van der Waals surface area contributed by atoms with Crippen LogP contribution in [-0.4, -0.2) is 83.0 Å². The lowest BCUT2D eigenvalue weighted by molar-refractivity contribution is -0.143. The summed E-state index contributed by atoms with van der Waals surface area (Å²) in [6.07, 6.45) is 5.33. The first-order valence-corrected chi connectivity index (χ1v) is 13.2. The number of carbonyl (C=O) groups excluding carboxylic acids is 3. The van der Waals surface area contributed by atoms with Crippen LogP contribution in [0.25, 0.3) is 0 Å². The van der Waals surface area contributed by atoms with Gasteiger partial charge in [-0.15, -0.1) is 0 Å². The first-order chi connectivity index (χ1) is 16.4. The third kappa shape index (κ3) is 6.96. The number of benzene rings is 1. The van der Waals surface area contributed by atoms with E-state index in [9.17, 15) is 24.3 Å². The average Bonchev–Trinajstić information content (AvgIpc) is 3.54. The van der Waals surface area contributed by atoms with Gasteiger partial charge in [-0.1, -0.05) is 30.3 Å². The fourth-order valence-corrected chi connectivity index (χ4v) is 4.96. The Kier molecular flexibility index (Phi) is 9.76. The molecule has 4 unspecified atom stereocenters. The van der Waals surface area contributed by atoms with Crippen LogP contribution in [-0.2, 0) is 25.6 Å². The minimum absolute atomic E-state index is 0.0674. The van der Waals surface area contributed by atoms with Crippen molar-refractivity contribution in [3.8, 4) is 0 Å². The minimum Gasteiger partial charge on any atom is -0.480 e. The van der Waals surface area contributed by atoms with E-state index < -0.39 is 30.0 Å². The number of hydrogen-bond donors (Lipinski definition) is 4. The third-order valence-corrected chi connectivity index (χ3v) is 6.98. The predicted octanol–water partition coefficient (Wildman–Crippen LogP) is 0.779. The van der Waals surface area contributed by atoms with E-state index in [1.54, 1.807) is 4.90 Å². The summed E-state index contributed by atoms with van der Waals surface area (Å²) in [7, 11) is 0. The molecule has 0 aliphatic carbocycles. The Balaban J connectivity index is 1.72. The quantitative estimate of drug-likeness (QED) is 0.361. The number of hydrogen-bond acceptors (Lipinski definition) is 6. The molecule has 0 radical (unpaired) electrons. The van der Waals surface area contributed by atoms with Crippen LogP contribution >= 0.6 is 11.8 Å². The molecule has 0 aromatic heterocycles. The van der Waals surface area contributed by atoms with Gasteiger partial charge in [0, 0.05) is 13.0 Å². The summed E-state index contributed by atoms with van der Waals surface area (Å²) in [5.74, 6) is -1.51. The van der Waals surface area contributed by atoms with E-state index in [0.717, 1.165) is 31.4 Å². The number of amides is 3. The second-order valence-corrected chi connectivity index (χ2v) is 9.76. The minimum atomic E-state index is -1.11. The van der Waals surface area contributed by atoms with Crippen molar-refractivity contribution >= 4 is 35.5 Å². The van der Waals surface area contributed by atoms with Crippen molar-refractivity contribution in [3.05, 3.63) is 35.9 Å². The van der Waals surface area contributed by atoms with Crippen molar-refractivity contribution in [1.29, 1.82) is 0 Å². The fourth-order valence-electron chi connectivity index (χ4n) is 4.49. The first-order valence-electron chi connectivity index (χ1n) is 11.8. The second kappa shape index (κ2) is 12.8. The highest BCUT2D eigenvalue weighted by Gasteiger charge is 2.39. The van der Waals surface area contributed by atoms with Gasteiger partial charge >= 0.3 is 5.97 Å². The molecule has 1 aromatic rings. The van der Waals surface area contributed by atoms with E-state index in [4.69, 9.17) is 0 Å². The highest BCUT2D eigenvalue weighted by atomic mass is 32.2. The summed E-state index contributed by atoms with van der Waals surface area (Å²) in [5, 5.41) is 18.1. The number of thioether (sulfide) groups is 1. The number of aliphatic carboxylic acids is 1. The van der Waals surface area contributed by atoms with Gasteiger partial charge < -0.3 is 26.0 Å². The van der Waals surface area contributed by atoms with Crippen molar-refractivity contribution in [1.82, 2.24) is 20.9 Å². The van der Waals surface area contributed by atoms with Crippen LogP contribution in [0.3, 0.4) is 0 Å². The monoisotopic (exact) mass is 490 g/mol. The maximum absolute atomic E-state index is 13.2. The van der Waals surface area contributed by atoms with Gasteiger partial charge in [0.05, 0.1) is 6.04 Å². The van der Waals surface area contributed by atoms with Crippen molar-refractivity contribution in [3.63, 3.8) is 0 Å². The molecule has 10 heteroatoms. The Labute approximate surface area is 204 Å². The number of nitrogens with one attached hydrogen (secondary N) is 3. The lowest BCUT2D eigenvalue weighted by Crippen LogP contribution is -2.57. The number of likely N-dealkylation sites (tertiary alicyclic amines) is 1. The maximum atomic E-state index is 13.2. The molecular weight excluding hydrogens is 456 g/mol. The second-order valence-electron chi connectivity index (χ2n) is 8.77. The molecule has 2 aliphatic rings. The summed E-state index contributed by atoms with van der Waals surface area (Å²) in [6.45, 7) is 1.31. The van der Waals surface area contributed by atoms with Gasteiger partial charge in [-0.3, -0.25) is 14.4 Å². The van der Waals surface area contributed by atoms with Crippen molar-refractivity contribution in [2.45, 2.75) is 62.7 Å². The predicted molar refractivity (Wildman–Crippen MR) is 130 cm³/mol. The maximum Gasteiger partial charge on any atom is 0.326 e. The normalized spacial score (nSPS) is 21.6. The number of carboxylic acid groups (broad SMARTS) is 1. The van der Waals surface area contributed by atoms with Crippen LogP contribution in [0.4, 0.5) is 0 Å². The molecule has 2 heterocycles. The Morgan fingerprint density at radius 3 is 2.53 bits per heavy atom. The molecule has 0 spiro atoms. The first kappa shape index (κ1) is 26.0. The highest BCUT2D eigenvalue weighted by Crippen LogP contribution is 2.21. The van der Waals surface area contributed by atoms with Gasteiger partial charge in [0.25, 0.3) is 0 Å². The van der Waals surface area contributed by atoms with Crippen LogP contribution in [0.15, 0.2) is 30.3 Å². The molecule has 2 aliphatic heterocycles. The van der Waals surface area contributed by atoms with E-state index in [1.165, 1.54) is 11.8 Å². The fraction of sp³-hybridized carbons (Fsp3) is 0.583. The number of rotatable bonds is 11. The van der Waals surface area contributed by atoms with Gasteiger partial charge in [-0.05, 0) is 56.2 Å². The molecule has 34 heavy (non-hydrogen) atoms. The molecule has 2 saturated heterocycles. The molecule has 3 amide bonds. The van der Waals surface area contributed by atoms with Crippen LogP contribution in [0, 0.1) is 0 Å². The summed E-state index contributed by atoms with van der Waals surface area (Å²) in [4.78, 5) is 52.5. The zero-order valence-corrected chi connectivity index (χ0v) is 20.3. The van der Waals surface area contributed by atoms with E-state index in [0.29, 0.717) is 18.7 Å². The third-order valence-electron chi connectivity index (χ3n) is 6.34. The van der Waals surface area contributed by atoms with Crippen LogP contribution in [0.5, 0.6) is 0 Å². The number of carbonyl (C=O) groups is 4. The zero-order chi connectivity index (χ0) is 24.5.